The second-order valence-corrected chi connectivity index (χ2v) is 6.05. The summed E-state index contributed by atoms with van der Waals surface area (Å²) >= 11 is 0. The van der Waals surface area contributed by atoms with Gasteiger partial charge in [-0.1, -0.05) is 0 Å². The average Bonchev–Trinajstić information content (AvgIpc) is 3.23. The van der Waals surface area contributed by atoms with Gasteiger partial charge in [-0.15, -0.1) is 0 Å². The molecule has 1 amide bonds. The van der Waals surface area contributed by atoms with Gasteiger partial charge in [-0.25, -0.2) is 9.78 Å². The van der Waals surface area contributed by atoms with E-state index in [1.54, 1.807) is 19.3 Å². The molecule has 1 aliphatic carbocycles. The van der Waals surface area contributed by atoms with E-state index in [9.17, 15) is 9.59 Å². The van der Waals surface area contributed by atoms with E-state index < -0.39 is 0 Å². The number of aromatic amines is 1. The van der Waals surface area contributed by atoms with Crippen LogP contribution < -0.4 is 10.9 Å². The Labute approximate surface area is 142 Å². The maximum atomic E-state index is 12.7. The van der Waals surface area contributed by atoms with E-state index in [0.717, 1.165) is 30.6 Å². The summed E-state index contributed by atoms with van der Waals surface area (Å²) in [5, 5.41) is 13.6. The Balaban J connectivity index is 1.58. The molecule has 3 heterocycles. The minimum atomic E-state index is -0.292. The molecule has 0 spiro atoms. The fourth-order valence-corrected chi connectivity index (χ4v) is 3.19. The Morgan fingerprint density at radius 3 is 3.08 bits per heavy atom. The van der Waals surface area contributed by atoms with E-state index in [0.29, 0.717) is 17.1 Å². The van der Waals surface area contributed by atoms with Gasteiger partial charge in [0.25, 0.3) is 11.5 Å². The van der Waals surface area contributed by atoms with Crippen molar-refractivity contribution < 1.29 is 9.21 Å². The molecule has 128 valence electrons. The van der Waals surface area contributed by atoms with Gasteiger partial charge in [0.2, 0.25) is 0 Å². The lowest BCUT2D eigenvalue weighted by atomic mass is 9.93. The third kappa shape index (κ3) is 2.75. The van der Waals surface area contributed by atoms with Crippen molar-refractivity contribution in [2.75, 3.05) is 0 Å². The Bertz CT molecular complexity index is 964. The molecule has 2 N–H and O–H groups in total. The molecule has 3 aromatic heterocycles. The van der Waals surface area contributed by atoms with E-state index >= 15 is 0 Å². The third-order valence-electron chi connectivity index (χ3n) is 4.49. The Hall–Kier alpha value is -3.16. The highest BCUT2D eigenvalue weighted by Gasteiger charge is 2.25. The number of amides is 1. The van der Waals surface area contributed by atoms with Gasteiger partial charge >= 0.3 is 0 Å². The van der Waals surface area contributed by atoms with Crippen molar-refractivity contribution in [1.29, 1.82) is 0 Å². The summed E-state index contributed by atoms with van der Waals surface area (Å²) in [5.74, 6) is 1.21. The maximum Gasteiger partial charge on any atom is 0.264 e. The predicted octanol–water partition coefficient (Wildman–Crippen LogP) is 1.66. The number of H-pyrrole nitrogens is 1. The van der Waals surface area contributed by atoms with Crippen molar-refractivity contribution in [3.63, 3.8) is 0 Å². The summed E-state index contributed by atoms with van der Waals surface area (Å²) in [7, 11) is 0. The fourth-order valence-electron chi connectivity index (χ4n) is 3.19. The monoisotopic (exact) mass is 339 g/mol. The number of hydrogen-bond acceptors (Lipinski definition) is 5. The fraction of sp³-hybridized carbons (Fsp3) is 0.294. The normalized spacial score (nSPS) is 16.4. The molecule has 0 aromatic carbocycles. The molecule has 0 aliphatic heterocycles. The lowest BCUT2D eigenvalue weighted by Crippen LogP contribution is -2.30. The quantitative estimate of drug-likeness (QED) is 0.755. The lowest BCUT2D eigenvalue weighted by Gasteiger charge is -2.22. The number of fused-ring (bicyclic) bond motifs is 1. The first-order valence-electron chi connectivity index (χ1n) is 8.11. The predicted molar refractivity (Wildman–Crippen MR) is 88.6 cm³/mol. The molecule has 1 atom stereocenters. The molecule has 0 saturated carbocycles. The molecule has 1 aliphatic rings. The average molecular weight is 339 g/mol. The highest BCUT2D eigenvalue weighted by molar-refractivity contribution is 5.95. The zero-order valence-electron chi connectivity index (χ0n) is 13.7. The summed E-state index contributed by atoms with van der Waals surface area (Å²) in [6.07, 6.45) is 5.94. The summed E-state index contributed by atoms with van der Waals surface area (Å²) in [4.78, 5) is 23.8. The molecule has 0 saturated heterocycles. The van der Waals surface area contributed by atoms with Gasteiger partial charge in [0.15, 0.2) is 5.82 Å². The SMILES string of the molecule is Cc1c(C(=O)NC2CCCc3occc32)cnn1-c1ccc(=O)[nH]n1. The van der Waals surface area contributed by atoms with Gasteiger partial charge in [0, 0.05) is 18.1 Å². The first kappa shape index (κ1) is 15.4. The van der Waals surface area contributed by atoms with E-state index in [2.05, 4.69) is 20.6 Å². The molecule has 8 heteroatoms. The van der Waals surface area contributed by atoms with Crippen molar-refractivity contribution in [1.82, 2.24) is 25.3 Å². The lowest BCUT2D eigenvalue weighted by molar-refractivity contribution is 0.0931. The standard InChI is InChI=1S/C17H17N5O3/c1-10-12(9-18-22(10)15-5-6-16(23)21-20-15)17(24)19-13-3-2-4-14-11(13)7-8-25-14/h5-9,13H,2-4H2,1H3,(H,19,24)(H,21,23). The van der Waals surface area contributed by atoms with Crippen LogP contribution in [0.4, 0.5) is 0 Å². The molecular formula is C17H17N5O3. The number of nitrogens with zero attached hydrogens (tertiary/aromatic N) is 3. The van der Waals surface area contributed by atoms with Crippen LogP contribution in [-0.2, 0) is 6.42 Å². The first-order valence-corrected chi connectivity index (χ1v) is 8.11. The number of carbonyl (C=O) groups excluding carboxylic acids is 1. The number of carbonyl (C=O) groups is 1. The van der Waals surface area contributed by atoms with Gasteiger partial charge < -0.3 is 9.73 Å². The number of aryl methyl sites for hydroxylation is 1. The minimum Gasteiger partial charge on any atom is -0.469 e. The van der Waals surface area contributed by atoms with Gasteiger partial charge in [0.05, 0.1) is 29.8 Å². The third-order valence-corrected chi connectivity index (χ3v) is 4.49. The number of aromatic nitrogens is 4. The van der Waals surface area contributed by atoms with Crippen LogP contribution in [0.2, 0.25) is 0 Å². The Kier molecular flexibility index (Phi) is 3.72. The summed E-state index contributed by atoms with van der Waals surface area (Å²) in [6.45, 7) is 1.79. The van der Waals surface area contributed by atoms with Crippen molar-refractivity contribution in [2.45, 2.75) is 32.2 Å². The highest BCUT2D eigenvalue weighted by Crippen LogP contribution is 2.30. The van der Waals surface area contributed by atoms with Crippen LogP contribution in [-0.4, -0.2) is 25.9 Å². The van der Waals surface area contributed by atoms with Gasteiger partial charge in [-0.2, -0.15) is 10.2 Å². The molecule has 0 radical (unpaired) electrons. The van der Waals surface area contributed by atoms with Crippen LogP contribution in [0.1, 0.15) is 46.3 Å². The Morgan fingerprint density at radius 2 is 2.28 bits per heavy atom. The molecule has 8 nitrogen and oxygen atoms in total. The number of hydrogen-bond donors (Lipinski definition) is 2. The highest BCUT2D eigenvalue weighted by atomic mass is 16.3. The van der Waals surface area contributed by atoms with Crippen LogP contribution in [0.5, 0.6) is 0 Å². The van der Waals surface area contributed by atoms with Crippen molar-refractivity contribution >= 4 is 5.91 Å². The molecule has 0 bridgehead atoms. The number of rotatable bonds is 3. The van der Waals surface area contributed by atoms with Crippen molar-refractivity contribution in [3.05, 3.63) is 63.6 Å². The van der Waals surface area contributed by atoms with E-state index in [1.165, 1.54) is 16.9 Å². The number of furan rings is 1. The topological polar surface area (TPSA) is 106 Å². The molecular weight excluding hydrogens is 322 g/mol. The van der Waals surface area contributed by atoms with E-state index in [-0.39, 0.29) is 17.5 Å². The number of nitrogens with one attached hydrogen (secondary N) is 2. The second-order valence-electron chi connectivity index (χ2n) is 6.05. The molecule has 0 fully saturated rings. The first-order chi connectivity index (χ1) is 12.1. The molecule has 1 unspecified atom stereocenters. The maximum absolute atomic E-state index is 12.7. The van der Waals surface area contributed by atoms with Crippen LogP contribution in [0.3, 0.4) is 0 Å². The zero-order chi connectivity index (χ0) is 17.4. The van der Waals surface area contributed by atoms with Gasteiger partial charge in [-0.3, -0.25) is 9.59 Å². The zero-order valence-corrected chi connectivity index (χ0v) is 13.7. The molecule has 25 heavy (non-hydrogen) atoms. The Morgan fingerprint density at radius 1 is 1.40 bits per heavy atom. The largest absolute Gasteiger partial charge is 0.469 e. The summed E-state index contributed by atoms with van der Waals surface area (Å²) in [5.41, 5.74) is 1.88. The summed E-state index contributed by atoms with van der Waals surface area (Å²) in [6, 6.07) is 4.79. The van der Waals surface area contributed by atoms with E-state index in [4.69, 9.17) is 4.42 Å². The van der Waals surface area contributed by atoms with E-state index in [1.807, 2.05) is 6.07 Å². The van der Waals surface area contributed by atoms with Crippen LogP contribution in [0.25, 0.3) is 5.82 Å². The van der Waals surface area contributed by atoms with Crippen LogP contribution >= 0.6 is 0 Å². The smallest absolute Gasteiger partial charge is 0.264 e. The minimum absolute atomic E-state index is 0.0519. The van der Waals surface area contributed by atoms with Crippen molar-refractivity contribution in [2.24, 2.45) is 0 Å². The van der Waals surface area contributed by atoms with Crippen molar-refractivity contribution in [3.8, 4) is 5.82 Å². The van der Waals surface area contributed by atoms with Crippen LogP contribution in [0.15, 0.2) is 39.9 Å². The van der Waals surface area contributed by atoms with Gasteiger partial charge in [-0.05, 0) is 31.9 Å². The summed E-state index contributed by atoms with van der Waals surface area (Å²) < 4.78 is 6.99. The molecule has 4 rings (SSSR count). The van der Waals surface area contributed by atoms with Crippen LogP contribution in [0, 0.1) is 6.92 Å². The van der Waals surface area contributed by atoms with Gasteiger partial charge in [0.1, 0.15) is 5.76 Å². The molecule has 3 aromatic rings. The second kappa shape index (κ2) is 6.04.